The molecule has 1 aliphatic rings. The number of carbonyl (C=O) groups excluding carboxylic acids is 1. The molecule has 2 N–H and O–H groups in total. The van der Waals surface area contributed by atoms with Crippen molar-refractivity contribution < 1.29 is 4.79 Å². The van der Waals surface area contributed by atoms with Gasteiger partial charge >= 0.3 is 0 Å². The molecule has 1 atom stereocenters. The summed E-state index contributed by atoms with van der Waals surface area (Å²) in [7, 11) is 0. The van der Waals surface area contributed by atoms with Gasteiger partial charge in [-0.1, -0.05) is 33.1 Å². The van der Waals surface area contributed by atoms with E-state index in [2.05, 4.69) is 0 Å². The lowest BCUT2D eigenvalue weighted by molar-refractivity contribution is -0.125. The fourth-order valence-corrected chi connectivity index (χ4v) is 1.99. The lowest BCUT2D eigenvalue weighted by Crippen LogP contribution is -2.40. The van der Waals surface area contributed by atoms with Gasteiger partial charge in [-0.25, -0.2) is 0 Å². The number of nitrogens with two attached hydrogens (primary N) is 1. The minimum atomic E-state index is -0.233. The molecule has 0 aromatic rings. The molecule has 0 aromatic heterocycles. The van der Waals surface area contributed by atoms with E-state index in [1.54, 1.807) is 0 Å². The van der Waals surface area contributed by atoms with Gasteiger partial charge < -0.3 is 5.73 Å². The molecule has 0 aliphatic heterocycles. The second-order valence-corrected chi connectivity index (χ2v) is 4.51. The molecule has 0 bridgehead atoms. The number of ketones is 1. The highest BCUT2D eigenvalue weighted by molar-refractivity contribution is 5.86. The van der Waals surface area contributed by atoms with E-state index in [9.17, 15) is 4.79 Å². The van der Waals surface area contributed by atoms with Gasteiger partial charge in [0.25, 0.3) is 0 Å². The van der Waals surface area contributed by atoms with Crippen LogP contribution in [0.1, 0.15) is 46.0 Å². The molecule has 0 saturated heterocycles. The van der Waals surface area contributed by atoms with Gasteiger partial charge in [-0.2, -0.15) is 0 Å². The minimum absolute atomic E-state index is 0.233. The molecule has 76 valence electrons. The standard InChI is InChI=1S/C11H21NO/c1-8(2)10(12)11(13)9-6-4-3-5-7-9/h8-10H,3-7,12H2,1-2H3/t10-/m0/s1. The summed E-state index contributed by atoms with van der Waals surface area (Å²) in [6, 6.07) is -0.233. The van der Waals surface area contributed by atoms with E-state index in [1.165, 1.54) is 19.3 Å². The van der Waals surface area contributed by atoms with E-state index in [0.29, 0.717) is 5.78 Å². The van der Waals surface area contributed by atoms with Crippen LogP contribution in [-0.4, -0.2) is 11.8 Å². The third-order valence-corrected chi connectivity index (χ3v) is 3.05. The summed E-state index contributed by atoms with van der Waals surface area (Å²) in [5, 5.41) is 0. The fraction of sp³-hybridized carbons (Fsp3) is 0.909. The topological polar surface area (TPSA) is 43.1 Å². The fourth-order valence-electron chi connectivity index (χ4n) is 1.99. The molecule has 0 unspecified atom stereocenters. The lowest BCUT2D eigenvalue weighted by Gasteiger charge is -2.24. The Kier molecular flexibility index (Phi) is 3.91. The van der Waals surface area contributed by atoms with Crippen molar-refractivity contribution in [3.63, 3.8) is 0 Å². The Morgan fingerprint density at radius 1 is 1.23 bits per heavy atom. The van der Waals surface area contributed by atoms with Gasteiger partial charge in [0.05, 0.1) is 6.04 Å². The summed E-state index contributed by atoms with van der Waals surface area (Å²) >= 11 is 0. The van der Waals surface area contributed by atoms with Crippen molar-refractivity contribution in [1.29, 1.82) is 0 Å². The first-order valence-corrected chi connectivity index (χ1v) is 5.42. The van der Waals surface area contributed by atoms with Crippen molar-refractivity contribution in [2.45, 2.75) is 52.0 Å². The molecule has 0 aromatic carbocycles. The molecule has 0 amide bonds. The zero-order valence-electron chi connectivity index (χ0n) is 8.75. The first kappa shape index (κ1) is 10.7. The first-order valence-electron chi connectivity index (χ1n) is 5.42. The molecule has 1 aliphatic carbocycles. The Labute approximate surface area is 80.9 Å². The molecule has 13 heavy (non-hydrogen) atoms. The van der Waals surface area contributed by atoms with Crippen LogP contribution in [0.15, 0.2) is 0 Å². The second kappa shape index (κ2) is 4.75. The molecule has 1 saturated carbocycles. The molecule has 1 rings (SSSR count). The SMILES string of the molecule is CC(C)[C@H](N)C(=O)C1CCCCC1. The summed E-state index contributed by atoms with van der Waals surface area (Å²) in [5.74, 6) is 0.857. The molecule has 1 fully saturated rings. The second-order valence-electron chi connectivity index (χ2n) is 4.51. The number of rotatable bonds is 3. The Balaban J connectivity index is 2.45. The highest BCUT2D eigenvalue weighted by atomic mass is 16.1. The summed E-state index contributed by atoms with van der Waals surface area (Å²) in [5.41, 5.74) is 5.84. The Morgan fingerprint density at radius 3 is 2.23 bits per heavy atom. The van der Waals surface area contributed by atoms with Crippen LogP contribution < -0.4 is 5.73 Å². The van der Waals surface area contributed by atoms with E-state index in [0.717, 1.165) is 12.8 Å². The lowest BCUT2D eigenvalue weighted by atomic mass is 9.82. The van der Waals surface area contributed by atoms with Gasteiger partial charge in [0, 0.05) is 5.92 Å². The average Bonchev–Trinajstić information content (AvgIpc) is 2.17. The maximum Gasteiger partial charge on any atom is 0.152 e. The van der Waals surface area contributed by atoms with Crippen LogP contribution in [0.3, 0.4) is 0 Å². The Hall–Kier alpha value is -0.370. The summed E-state index contributed by atoms with van der Waals surface area (Å²) in [4.78, 5) is 11.8. The van der Waals surface area contributed by atoms with Crippen molar-refractivity contribution in [1.82, 2.24) is 0 Å². The van der Waals surface area contributed by atoms with E-state index in [-0.39, 0.29) is 17.9 Å². The third-order valence-electron chi connectivity index (χ3n) is 3.05. The van der Waals surface area contributed by atoms with Crippen molar-refractivity contribution in [2.24, 2.45) is 17.6 Å². The van der Waals surface area contributed by atoms with Crippen molar-refractivity contribution in [3.05, 3.63) is 0 Å². The van der Waals surface area contributed by atoms with Crippen LogP contribution in [0.2, 0.25) is 0 Å². The Morgan fingerprint density at radius 2 is 1.77 bits per heavy atom. The highest BCUT2D eigenvalue weighted by Crippen LogP contribution is 2.25. The van der Waals surface area contributed by atoms with Gasteiger partial charge in [0.15, 0.2) is 5.78 Å². The van der Waals surface area contributed by atoms with Crippen LogP contribution >= 0.6 is 0 Å². The predicted molar refractivity (Wildman–Crippen MR) is 54.4 cm³/mol. The van der Waals surface area contributed by atoms with Gasteiger partial charge in [-0.05, 0) is 18.8 Å². The first-order chi connectivity index (χ1) is 6.13. The zero-order chi connectivity index (χ0) is 9.84. The van der Waals surface area contributed by atoms with E-state index in [4.69, 9.17) is 5.73 Å². The molecule has 2 nitrogen and oxygen atoms in total. The Bertz CT molecular complexity index is 171. The number of hydrogen-bond acceptors (Lipinski definition) is 2. The quantitative estimate of drug-likeness (QED) is 0.728. The van der Waals surface area contributed by atoms with Crippen LogP contribution in [0.25, 0.3) is 0 Å². The summed E-state index contributed by atoms with van der Waals surface area (Å²) in [6.45, 7) is 4.04. The smallest absolute Gasteiger partial charge is 0.152 e. The highest BCUT2D eigenvalue weighted by Gasteiger charge is 2.27. The monoisotopic (exact) mass is 183 g/mol. The van der Waals surface area contributed by atoms with Crippen molar-refractivity contribution in [3.8, 4) is 0 Å². The zero-order valence-corrected chi connectivity index (χ0v) is 8.75. The van der Waals surface area contributed by atoms with Crippen LogP contribution in [-0.2, 0) is 4.79 Å². The van der Waals surface area contributed by atoms with E-state index < -0.39 is 0 Å². The van der Waals surface area contributed by atoms with Crippen LogP contribution in [0, 0.1) is 11.8 Å². The maximum absolute atomic E-state index is 11.8. The summed E-state index contributed by atoms with van der Waals surface area (Å²) < 4.78 is 0. The average molecular weight is 183 g/mol. The molecule has 2 heteroatoms. The molecular weight excluding hydrogens is 162 g/mol. The largest absolute Gasteiger partial charge is 0.321 e. The van der Waals surface area contributed by atoms with Gasteiger partial charge in [0.2, 0.25) is 0 Å². The summed E-state index contributed by atoms with van der Waals surface area (Å²) in [6.07, 6.45) is 5.85. The van der Waals surface area contributed by atoms with Gasteiger partial charge in [-0.3, -0.25) is 4.79 Å². The normalized spacial score (nSPS) is 21.8. The predicted octanol–water partition coefficient (Wildman–Crippen LogP) is 2.12. The molecule has 0 radical (unpaired) electrons. The van der Waals surface area contributed by atoms with Crippen molar-refractivity contribution >= 4 is 5.78 Å². The maximum atomic E-state index is 11.8. The number of Topliss-reactive ketones (excluding diaryl/α,β-unsaturated/α-hetero) is 1. The van der Waals surface area contributed by atoms with Crippen molar-refractivity contribution in [2.75, 3.05) is 0 Å². The van der Waals surface area contributed by atoms with Crippen LogP contribution in [0.4, 0.5) is 0 Å². The molecular formula is C11H21NO. The van der Waals surface area contributed by atoms with Crippen LogP contribution in [0.5, 0.6) is 0 Å². The number of carbonyl (C=O) groups is 1. The minimum Gasteiger partial charge on any atom is -0.321 e. The van der Waals surface area contributed by atoms with Gasteiger partial charge in [-0.15, -0.1) is 0 Å². The third kappa shape index (κ3) is 2.80. The molecule has 0 heterocycles. The molecule has 0 spiro atoms. The van der Waals surface area contributed by atoms with E-state index in [1.807, 2.05) is 13.8 Å². The van der Waals surface area contributed by atoms with E-state index >= 15 is 0 Å². The van der Waals surface area contributed by atoms with Gasteiger partial charge in [0.1, 0.15) is 0 Å². The number of hydrogen-bond donors (Lipinski definition) is 1.